The smallest absolute Gasteiger partial charge is 0.163 e. The van der Waals surface area contributed by atoms with E-state index >= 15 is 0 Å². The standard InChI is InChI=1S/C13H17ClO/c1-9-4-10(2)6-12(5-9)13(15)7-11(3)8-14/h4-6,11H,7-8H2,1-3H3. The number of carbonyl (C=O) groups is 1. The second-order valence-corrected chi connectivity index (χ2v) is 4.57. The Balaban J connectivity index is 2.82. The van der Waals surface area contributed by atoms with Crippen molar-refractivity contribution in [3.63, 3.8) is 0 Å². The number of carbonyl (C=O) groups excluding carboxylic acids is 1. The van der Waals surface area contributed by atoms with E-state index in [9.17, 15) is 4.79 Å². The van der Waals surface area contributed by atoms with Crippen LogP contribution >= 0.6 is 11.6 Å². The van der Waals surface area contributed by atoms with Crippen LogP contribution in [0.25, 0.3) is 0 Å². The lowest BCUT2D eigenvalue weighted by molar-refractivity contribution is 0.0968. The van der Waals surface area contributed by atoms with Crippen LogP contribution in [0.4, 0.5) is 0 Å². The summed E-state index contributed by atoms with van der Waals surface area (Å²) >= 11 is 5.69. The third kappa shape index (κ3) is 3.67. The van der Waals surface area contributed by atoms with Crippen molar-refractivity contribution in [3.05, 3.63) is 34.9 Å². The Morgan fingerprint density at radius 2 is 1.80 bits per heavy atom. The molecule has 0 aliphatic rings. The third-order valence-corrected chi connectivity index (χ3v) is 2.87. The normalized spacial score (nSPS) is 12.5. The zero-order valence-corrected chi connectivity index (χ0v) is 10.3. The minimum absolute atomic E-state index is 0.190. The summed E-state index contributed by atoms with van der Waals surface area (Å²) in [5.41, 5.74) is 3.08. The number of halogens is 1. The molecular formula is C13H17ClO. The van der Waals surface area contributed by atoms with Crippen LogP contribution in [-0.4, -0.2) is 11.7 Å². The number of aryl methyl sites for hydroxylation is 2. The second-order valence-electron chi connectivity index (χ2n) is 4.26. The van der Waals surface area contributed by atoms with Crippen LogP contribution < -0.4 is 0 Å². The van der Waals surface area contributed by atoms with Gasteiger partial charge in [-0.1, -0.05) is 24.1 Å². The molecule has 0 saturated carbocycles. The van der Waals surface area contributed by atoms with Crippen LogP contribution in [0.5, 0.6) is 0 Å². The lowest BCUT2D eigenvalue weighted by atomic mass is 9.98. The maximum Gasteiger partial charge on any atom is 0.163 e. The predicted molar refractivity (Wildman–Crippen MR) is 64.7 cm³/mol. The quantitative estimate of drug-likeness (QED) is 0.562. The zero-order valence-electron chi connectivity index (χ0n) is 9.51. The summed E-state index contributed by atoms with van der Waals surface area (Å²) in [6, 6.07) is 5.95. The molecule has 0 heterocycles. The van der Waals surface area contributed by atoms with Gasteiger partial charge in [-0.05, 0) is 31.9 Å². The van der Waals surface area contributed by atoms with Gasteiger partial charge < -0.3 is 0 Å². The van der Waals surface area contributed by atoms with E-state index in [0.29, 0.717) is 12.3 Å². The Labute approximate surface area is 96.5 Å². The van der Waals surface area contributed by atoms with Crippen molar-refractivity contribution in [2.45, 2.75) is 27.2 Å². The minimum Gasteiger partial charge on any atom is -0.294 e. The van der Waals surface area contributed by atoms with Gasteiger partial charge in [0.25, 0.3) is 0 Å². The molecule has 0 amide bonds. The second kappa shape index (κ2) is 5.32. The van der Waals surface area contributed by atoms with Gasteiger partial charge in [0.2, 0.25) is 0 Å². The van der Waals surface area contributed by atoms with Gasteiger partial charge in [-0.25, -0.2) is 0 Å². The number of hydrogen-bond acceptors (Lipinski definition) is 1. The van der Waals surface area contributed by atoms with Crippen LogP contribution in [0, 0.1) is 19.8 Å². The Kier molecular flexibility index (Phi) is 4.34. The van der Waals surface area contributed by atoms with E-state index in [0.717, 1.165) is 16.7 Å². The summed E-state index contributed by atoms with van der Waals surface area (Å²) in [6.07, 6.45) is 0.534. The molecule has 0 N–H and O–H groups in total. The zero-order chi connectivity index (χ0) is 11.4. The molecule has 0 bridgehead atoms. The van der Waals surface area contributed by atoms with Crippen molar-refractivity contribution in [3.8, 4) is 0 Å². The Morgan fingerprint density at radius 3 is 2.27 bits per heavy atom. The van der Waals surface area contributed by atoms with E-state index in [1.807, 2.05) is 32.9 Å². The van der Waals surface area contributed by atoms with Crippen molar-refractivity contribution in [2.75, 3.05) is 5.88 Å². The first-order chi connectivity index (χ1) is 7.02. The number of ketones is 1. The lowest BCUT2D eigenvalue weighted by Crippen LogP contribution is -2.07. The van der Waals surface area contributed by atoms with E-state index in [2.05, 4.69) is 6.07 Å². The summed E-state index contributed by atoms with van der Waals surface area (Å²) in [6.45, 7) is 6.01. The molecule has 1 aromatic rings. The molecule has 15 heavy (non-hydrogen) atoms. The maximum absolute atomic E-state index is 11.9. The Bertz CT molecular complexity index is 337. The highest BCUT2D eigenvalue weighted by Gasteiger charge is 2.11. The van der Waals surface area contributed by atoms with E-state index < -0.39 is 0 Å². The summed E-state index contributed by atoms with van der Waals surface area (Å²) in [5, 5.41) is 0. The SMILES string of the molecule is Cc1cc(C)cc(C(=O)CC(C)CCl)c1. The van der Waals surface area contributed by atoms with Crippen LogP contribution in [0.2, 0.25) is 0 Å². The molecule has 0 spiro atoms. The first-order valence-corrected chi connectivity index (χ1v) is 5.74. The van der Waals surface area contributed by atoms with Crippen molar-refractivity contribution in [1.82, 2.24) is 0 Å². The predicted octanol–water partition coefficient (Wildman–Crippen LogP) is 3.75. The molecular weight excluding hydrogens is 208 g/mol. The first-order valence-electron chi connectivity index (χ1n) is 5.20. The number of Topliss-reactive ketones (excluding diaryl/α,β-unsaturated/α-hetero) is 1. The van der Waals surface area contributed by atoms with Gasteiger partial charge in [0.05, 0.1) is 0 Å². The summed E-state index contributed by atoms with van der Waals surface area (Å²) in [5.74, 6) is 0.978. The average molecular weight is 225 g/mol. The summed E-state index contributed by atoms with van der Waals surface area (Å²) in [4.78, 5) is 11.9. The fraction of sp³-hybridized carbons (Fsp3) is 0.462. The molecule has 1 atom stereocenters. The minimum atomic E-state index is 0.190. The Hall–Kier alpha value is -0.820. The van der Waals surface area contributed by atoms with Crippen LogP contribution in [0.15, 0.2) is 18.2 Å². The van der Waals surface area contributed by atoms with Crippen LogP contribution in [0.1, 0.15) is 34.8 Å². The fourth-order valence-electron chi connectivity index (χ4n) is 1.62. The first kappa shape index (κ1) is 12.3. The molecule has 82 valence electrons. The number of benzene rings is 1. The molecule has 0 fully saturated rings. The molecule has 0 saturated heterocycles. The van der Waals surface area contributed by atoms with E-state index in [4.69, 9.17) is 11.6 Å². The molecule has 0 aromatic heterocycles. The van der Waals surface area contributed by atoms with Gasteiger partial charge in [0.15, 0.2) is 5.78 Å². The van der Waals surface area contributed by atoms with Gasteiger partial charge in [0.1, 0.15) is 0 Å². The molecule has 0 aliphatic heterocycles. The number of alkyl halides is 1. The van der Waals surface area contributed by atoms with Crippen molar-refractivity contribution in [2.24, 2.45) is 5.92 Å². The molecule has 1 aromatic carbocycles. The van der Waals surface area contributed by atoms with Crippen molar-refractivity contribution < 1.29 is 4.79 Å². The van der Waals surface area contributed by atoms with Crippen LogP contribution in [-0.2, 0) is 0 Å². The van der Waals surface area contributed by atoms with E-state index in [1.165, 1.54) is 0 Å². The largest absolute Gasteiger partial charge is 0.294 e. The average Bonchev–Trinajstić information content (AvgIpc) is 2.16. The molecule has 1 unspecified atom stereocenters. The highest BCUT2D eigenvalue weighted by molar-refractivity contribution is 6.18. The number of hydrogen-bond donors (Lipinski definition) is 0. The van der Waals surface area contributed by atoms with Gasteiger partial charge >= 0.3 is 0 Å². The molecule has 0 radical (unpaired) electrons. The van der Waals surface area contributed by atoms with Crippen molar-refractivity contribution in [1.29, 1.82) is 0 Å². The Morgan fingerprint density at radius 1 is 1.27 bits per heavy atom. The van der Waals surface area contributed by atoms with E-state index in [-0.39, 0.29) is 11.7 Å². The van der Waals surface area contributed by atoms with Gasteiger partial charge in [-0.15, -0.1) is 11.6 Å². The van der Waals surface area contributed by atoms with Crippen LogP contribution in [0.3, 0.4) is 0 Å². The molecule has 1 rings (SSSR count). The molecule has 2 heteroatoms. The molecule has 1 nitrogen and oxygen atoms in total. The summed E-state index contributed by atoms with van der Waals surface area (Å²) in [7, 11) is 0. The van der Waals surface area contributed by atoms with Gasteiger partial charge in [-0.2, -0.15) is 0 Å². The highest BCUT2D eigenvalue weighted by Crippen LogP contribution is 2.14. The van der Waals surface area contributed by atoms with Gasteiger partial charge in [0, 0.05) is 17.9 Å². The molecule has 0 aliphatic carbocycles. The third-order valence-electron chi connectivity index (χ3n) is 2.34. The van der Waals surface area contributed by atoms with E-state index in [1.54, 1.807) is 0 Å². The lowest BCUT2D eigenvalue weighted by Gasteiger charge is -2.07. The topological polar surface area (TPSA) is 17.1 Å². The van der Waals surface area contributed by atoms with Crippen molar-refractivity contribution >= 4 is 17.4 Å². The fourth-order valence-corrected chi connectivity index (χ4v) is 1.73. The highest BCUT2D eigenvalue weighted by atomic mass is 35.5. The monoisotopic (exact) mass is 224 g/mol. The number of rotatable bonds is 4. The van der Waals surface area contributed by atoms with Gasteiger partial charge in [-0.3, -0.25) is 4.79 Å². The summed E-state index contributed by atoms with van der Waals surface area (Å²) < 4.78 is 0. The maximum atomic E-state index is 11.9.